The Bertz CT molecular complexity index is 636. The van der Waals surface area contributed by atoms with Crippen LogP contribution in [0.3, 0.4) is 0 Å². The molecule has 0 amide bonds. The van der Waals surface area contributed by atoms with Crippen LogP contribution < -0.4 is 0 Å². The average molecular weight is 346 g/mol. The van der Waals surface area contributed by atoms with Crippen LogP contribution in [0.2, 0.25) is 0 Å². The molecule has 0 radical (unpaired) electrons. The van der Waals surface area contributed by atoms with Crippen molar-refractivity contribution in [1.29, 1.82) is 0 Å². The molecule has 2 aromatic carbocycles. The van der Waals surface area contributed by atoms with Gasteiger partial charge < -0.3 is 0 Å². The molecule has 0 N–H and O–H groups in total. The lowest BCUT2D eigenvalue weighted by Gasteiger charge is -2.08. The Labute approximate surface area is 140 Å². The summed E-state index contributed by atoms with van der Waals surface area (Å²) in [7, 11) is 0. The molecule has 0 saturated heterocycles. The molecule has 0 nitrogen and oxygen atoms in total. The number of hydrogen-bond acceptors (Lipinski definition) is 0. The Morgan fingerprint density at radius 3 is 1.62 bits per heavy atom. The van der Waals surface area contributed by atoms with Gasteiger partial charge in [0, 0.05) is 5.56 Å². The number of hydrogen-bond donors (Lipinski definition) is 0. The summed E-state index contributed by atoms with van der Waals surface area (Å²) in [5.41, 5.74) is 0.800. The molecule has 0 atom stereocenters. The molecule has 0 aromatic heterocycles. The normalized spacial score (nSPS) is 9.83. The van der Waals surface area contributed by atoms with E-state index in [1.54, 1.807) is 0 Å². The zero-order valence-electron chi connectivity index (χ0n) is 14.8. The monoisotopic (exact) mass is 346 g/mol. The van der Waals surface area contributed by atoms with Gasteiger partial charge in [0.1, 0.15) is 11.6 Å². The molecule has 5 heteroatoms. The quantitative estimate of drug-likeness (QED) is 0.392. The molecule has 0 aliphatic rings. The van der Waals surface area contributed by atoms with Crippen LogP contribution in [0.25, 0.3) is 0 Å². The molecular formula is C19H23F5. The third-order valence-corrected chi connectivity index (χ3v) is 3.20. The molecular weight excluding hydrogens is 323 g/mol. The fourth-order valence-corrected chi connectivity index (χ4v) is 1.75. The molecule has 134 valence electrons. The zero-order valence-corrected chi connectivity index (χ0v) is 14.8. The van der Waals surface area contributed by atoms with Crippen LogP contribution in [-0.2, 0) is 0 Å². The predicted molar refractivity (Wildman–Crippen MR) is 87.6 cm³/mol. The molecule has 2 rings (SSSR count). The minimum absolute atomic E-state index is 0.101. The lowest BCUT2D eigenvalue weighted by Crippen LogP contribution is -1.97. The molecule has 0 fully saturated rings. The molecule has 0 saturated carbocycles. The maximum Gasteiger partial charge on any atom is 0.194 e. The highest BCUT2D eigenvalue weighted by atomic mass is 19.2. The highest BCUT2D eigenvalue weighted by Crippen LogP contribution is 2.22. The first-order valence-electron chi connectivity index (χ1n) is 7.71. The Morgan fingerprint density at radius 2 is 1.17 bits per heavy atom. The third-order valence-electron chi connectivity index (χ3n) is 3.20. The largest absolute Gasteiger partial charge is 0.207 e. The molecule has 2 aromatic rings. The first-order chi connectivity index (χ1) is 11.2. The fourth-order valence-electron chi connectivity index (χ4n) is 1.75. The second-order valence-corrected chi connectivity index (χ2v) is 5.22. The molecule has 0 aliphatic heterocycles. The van der Waals surface area contributed by atoms with E-state index in [-0.39, 0.29) is 17.0 Å². The van der Waals surface area contributed by atoms with Gasteiger partial charge in [-0.25, -0.2) is 22.0 Å². The minimum Gasteiger partial charge on any atom is -0.207 e. The topological polar surface area (TPSA) is 0 Å². The van der Waals surface area contributed by atoms with E-state index < -0.39 is 29.1 Å². The molecule has 0 aliphatic carbocycles. The predicted octanol–water partition coefficient (Wildman–Crippen LogP) is 6.84. The van der Waals surface area contributed by atoms with Crippen molar-refractivity contribution in [2.75, 3.05) is 0 Å². The Hall–Kier alpha value is -1.91. The van der Waals surface area contributed by atoms with E-state index in [1.807, 2.05) is 27.7 Å². The van der Waals surface area contributed by atoms with Crippen molar-refractivity contribution in [1.82, 2.24) is 0 Å². The van der Waals surface area contributed by atoms with Crippen LogP contribution in [0.15, 0.2) is 24.3 Å². The second kappa shape index (κ2) is 10.1. The highest BCUT2D eigenvalue weighted by molar-refractivity contribution is 5.28. The Kier molecular flexibility index (Phi) is 9.26. The van der Waals surface area contributed by atoms with E-state index in [0.717, 1.165) is 6.07 Å². The summed E-state index contributed by atoms with van der Waals surface area (Å²) >= 11 is 0. The van der Waals surface area contributed by atoms with Crippen LogP contribution in [0.4, 0.5) is 22.0 Å². The van der Waals surface area contributed by atoms with Crippen LogP contribution in [0, 0.1) is 42.9 Å². The lowest BCUT2D eigenvalue weighted by atomic mass is 10.00. The van der Waals surface area contributed by atoms with Crippen LogP contribution in [0.1, 0.15) is 50.3 Å². The molecule has 0 bridgehead atoms. The maximum atomic E-state index is 13.3. The van der Waals surface area contributed by atoms with E-state index in [2.05, 4.69) is 0 Å². The minimum atomic E-state index is -1.40. The molecule has 0 heterocycles. The first kappa shape index (κ1) is 22.1. The number of halogens is 5. The van der Waals surface area contributed by atoms with Crippen molar-refractivity contribution < 1.29 is 22.0 Å². The van der Waals surface area contributed by atoms with Crippen molar-refractivity contribution in [3.63, 3.8) is 0 Å². The summed E-state index contributed by atoms with van der Waals surface area (Å²) in [5, 5.41) is 0. The van der Waals surface area contributed by atoms with Gasteiger partial charge in [0.2, 0.25) is 0 Å². The van der Waals surface area contributed by atoms with Crippen LogP contribution >= 0.6 is 0 Å². The van der Waals surface area contributed by atoms with Gasteiger partial charge >= 0.3 is 0 Å². The number of benzene rings is 2. The van der Waals surface area contributed by atoms with Gasteiger partial charge in [0.05, 0.1) is 0 Å². The van der Waals surface area contributed by atoms with Gasteiger partial charge in [0.25, 0.3) is 0 Å². The van der Waals surface area contributed by atoms with E-state index in [0.29, 0.717) is 5.56 Å². The first-order valence-corrected chi connectivity index (χ1v) is 7.71. The van der Waals surface area contributed by atoms with Gasteiger partial charge in [-0.1, -0.05) is 39.8 Å². The smallest absolute Gasteiger partial charge is 0.194 e. The van der Waals surface area contributed by atoms with E-state index in [1.165, 1.54) is 32.0 Å². The van der Waals surface area contributed by atoms with Crippen molar-refractivity contribution in [2.45, 2.75) is 47.5 Å². The molecule has 0 unspecified atom stereocenters. The Balaban J connectivity index is 0.000000405. The van der Waals surface area contributed by atoms with Crippen LogP contribution in [0.5, 0.6) is 0 Å². The number of aryl methyl sites for hydroxylation is 1. The van der Waals surface area contributed by atoms with Gasteiger partial charge in [0.15, 0.2) is 17.5 Å². The maximum absolute atomic E-state index is 13.3. The van der Waals surface area contributed by atoms with Gasteiger partial charge in [-0.05, 0) is 43.0 Å². The van der Waals surface area contributed by atoms with Crippen molar-refractivity contribution in [3.8, 4) is 0 Å². The lowest BCUT2D eigenvalue weighted by molar-refractivity contribution is 0.443. The van der Waals surface area contributed by atoms with Gasteiger partial charge in [-0.15, -0.1) is 0 Å². The van der Waals surface area contributed by atoms with Gasteiger partial charge in [-0.2, -0.15) is 0 Å². The SMILES string of the molecule is CC.Cc1c(F)ccc(C(C)C)c1F.Cc1ccc(F)c(F)c1F. The third kappa shape index (κ3) is 5.62. The molecule has 0 spiro atoms. The molecule has 24 heavy (non-hydrogen) atoms. The standard InChI is InChI=1S/C10H12F2.C7H5F3.C2H6/c1-6(2)8-4-5-9(11)7(3)10(8)12;1-4-2-3-5(8)7(10)6(4)9;1-2/h4-6H,1-3H3;2-3H,1H3;1-2H3. The fraction of sp³-hybridized carbons (Fsp3) is 0.368. The summed E-state index contributed by atoms with van der Waals surface area (Å²) in [6, 6.07) is 4.90. The zero-order chi connectivity index (χ0) is 19.0. The second-order valence-electron chi connectivity index (χ2n) is 5.22. The summed E-state index contributed by atoms with van der Waals surface area (Å²) < 4.78 is 62.8. The summed E-state index contributed by atoms with van der Waals surface area (Å²) in [6.45, 7) is 10.6. The highest BCUT2D eigenvalue weighted by Gasteiger charge is 2.11. The summed E-state index contributed by atoms with van der Waals surface area (Å²) in [6.07, 6.45) is 0. The van der Waals surface area contributed by atoms with E-state index in [4.69, 9.17) is 0 Å². The van der Waals surface area contributed by atoms with Crippen molar-refractivity contribution in [2.24, 2.45) is 0 Å². The average Bonchev–Trinajstić information content (AvgIpc) is 2.56. The Morgan fingerprint density at radius 1 is 0.667 bits per heavy atom. The van der Waals surface area contributed by atoms with Gasteiger partial charge in [-0.3, -0.25) is 0 Å². The summed E-state index contributed by atoms with van der Waals surface area (Å²) in [4.78, 5) is 0. The number of rotatable bonds is 1. The van der Waals surface area contributed by atoms with Crippen molar-refractivity contribution in [3.05, 3.63) is 70.0 Å². The van der Waals surface area contributed by atoms with Crippen LogP contribution in [-0.4, -0.2) is 0 Å². The summed E-state index contributed by atoms with van der Waals surface area (Å²) in [5.74, 6) is -4.45. The van der Waals surface area contributed by atoms with Crippen molar-refractivity contribution >= 4 is 0 Å². The van der Waals surface area contributed by atoms with E-state index >= 15 is 0 Å². The van der Waals surface area contributed by atoms with E-state index in [9.17, 15) is 22.0 Å².